The second kappa shape index (κ2) is 7.72. The minimum Gasteiger partial charge on any atom is -0.395 e. The Hall–Kier alpha value is -1.98. The third-order valence-electron chi connectivity index (χ3n) is 3.43. The zero-order chi connectivity index (χ0) is 18.7. The fraction of sp³-hybridized carbons (Fsp3) is 0.200. The number of sulfonamides is 1. The van der Waals surface area contributed by atoms with Gasteiger partial charge in [-0.25, -0.2) is 18.1 Å². The summed E-state index contributed by atoms with van der Waals surface area (Å²) in [7, 11) is -3.82. The van der Waals surface area contributed by atoms with Crippen LogP contribution < -0.4 is 10.0 Å². The lowest BCUT2D eigenvalue weighted by Gasteiger charge is -2.09. The van der Waals surface area contributed by atoms with Crippen LogP contribution >= 0.6 is 22.9 Å². The zero-order valence-electron chi connectivity index (χ0n) is 13.7. The monoisotopic (exact) mass is 413 g/mol. The molecule has 1 aromatic carbocycles. The van der Waals surface area contributed by atoms with Gasteiger partial charge in [-0.05, 0) is 24.6 Å². The lowest BCUT2D eigenvalue weighted by molar-refractivity contribution is 0.301. The molecule has 0 bridgehead atoms. The van der Waals surface area contributed by atoms with Crippen LogP contribution in [0.25, 0.3) is 10.4 Å². The molecule has 2 aromatic heterocycles. The number of nitrogens with one attached hydrogen (secondary N) is 3. The van der Waals surface area contributed by atoms with Crippen LogP contribution in [-0.2, 0) is 10.0 Å². The van der Waals surface area contributed by atoms with Crippen molar-refractivity contribution in [1.29, 1.82) is 0 Å². The Kier molecular flexibility index (Phi) is 5.58. The largest absolute Gasteiger partial charge is 0.395 e. The van der Waals surface area contributed by atoms with Gasteiger partial charge in [0.2, 0.25) is 10.0 Å². The van der Waals surface area contributed by atoms with Crippen LogP contribution in [0.5, 0.6) is 0 Å². The summed E-state index contributed by atoms with van der Waals surface area (Å²) in [5.41, 5.74) is 1.44. The van der Waals surface area contributed by atoms with E-state index in [1.807, 2.05) is 6.92 Å². The van der Waals surface area contributed by atoms with Gasteiger partial charge in [0.05, 0.1) is 28.4 Å². The van der Waals surface area contributed by atoms with Gasteiger partial charge in [-0.1, -0.05) is 29.0 Å². The number of aliphatic hydroxyl groups excluding tert-OH is 1. The molecule has 2 heterocycles. The number of aryl methyl sites for hydroxylation is 1. The van der Waals surface area contributed by atoms with Crippen LogP contribution in [0.15, 0.2) is 35.4 Å². The molecule has 0 amide bonds. The van der Waals surface area contributed by atoms with E-state index in [1.165, 1.54) is 23.5 Å². The molecule has 3 aromatic rings. The second-order valence-corrected chi connectivity index (χ2v) is 8.44. The molecule has 4 N–H and O–H groups in total. The van der Waals surface area contributed by atoms with Gasteiger partial charge < -0.3 is 10.4 Å². The van der Waals surface area contributed by atoms with E-state index in [-0.39, 0.29) is 23.1 Å². The molecule has 26 heavy (non-hydrogen) atoms. The molecule has 0 saturated carbocycles. The molecule has 0 radical (unpaired) electrons. The number of H-pyrrole nitrogens is 1. The van der Waals surface area contributed by atoms with E-state index in [0.29, 0.717) is 16.5 Å². The molecule has 0 aliphatic carbocycles. The topological polar surface area (TPSA) is 120 Å². The molecule has 0 aliphatic rings. The van der Waals surface area contributed by atoms with Crippen molar-refractivity contribution in [2.45, 2.75) is 11.8 Å². The average Bonchev–Trinajstić information content (AvgIpc) is 3.23. The van der Waals surface area contributed by atoms with Crippen molar-refractivity contribution in [3.63, 3.8) is 0 Å². The summed E-state index contributed by atoms with van der Waals surface area (Å²) in [6.45, 7) is 1.46. The van der Waals surface area contributed by atoms with Gasteiger partial charge in [0.1, 0.15) is 10.7 Å². The van der Waals surface area contributed by atoms with E-state index in [1.54, 1.807) is 18.3 Å². The number of anilines is 2. The minimum absolute atomic E-state index is 0.0407. The van der Waals surface area contributed by atoms with Gasteiger partial charge in [-0.3, -0.25) is 5.10 Å². The predicted molar refractivity (Wildman–Crippen MR) is 101 cm³/mol. The Morgan fingerprint density at radius 2 is 2.15 bits per heavy atom. The Morgan fingerprint density at radius 3 is 2.85 bits per heavy atom. The summed E-state index contributed by atoms with van der Waals surface area (Å²) in [4.78, 5) is 5.24. The van der Waals surface area contributed by atoms with Crippen molar-refractivity contribution in [2.24, 2.45) is 0 Å². The first-order chi connectivity index (χ1) is 12.4. The zero-order valence-corrected chi connectivity index (χ0v) is 16.0. The number of halogens is 1. The summed E-state index contributed by atoms with van der Waals surface area (Å²) in [6, 6.07) is 6.55. The molecule has 8 nitrogen and oxygen atoms in total. The van der Waals surface area contributed by atoms with Crippen LogP contribution in [0.1, 0.15) is 5.69 Å². The highest BCUT2D eigenvalue weighted by atomic mass is 35.5. The standard InChI is InChI=1S/C15H16ClN5O3S2/c1-9-14(25-15(19-9)20-13-4-5-17-21-13)10-2-3-11(16)12(8-10)26(23,24)18-6-7-22/h2-5,8,18,22H,6-7H2,1H3,(H2,17,19,20,21). The van der Waals surface area contributed by atoms with Crippen LogP contribution in [0.2, 0.25) is 5.02 Å². The van der Waals surface area contributed by atoms with E-state index in [0.717, 1.165) is 10.6 Å². The van der Waals surface area contributed by atoms with Crippen molar-refractivity contribution in [2.75, 3.05) is 18.5 Å². The first-order valence-corrected chi connectivity index (χ1v) is 10.2. The Bertz CT molecular complexity index is 1000. The number of hydrogen-bond donors (Lipinski definition) is 4. The van der Waals surface area contributed by atoms with Crippen molar-refractivity contribution >= 4 is 43.9 Å². The van der Waals surface area contributed by atoms with Gasteiger partial charge >= 0.3 is 0 Å². The molecule has 0 atom stereocenters. The van der Waals surface area contributed by atoms with Crippen molar-refractivity contribution in [3.05, 3.63) is 41.2 Å². The summed E-state index contributed by atoms with van der Waals surface area (Å²) in [6.07, 6.45) is 1.62. The van der Waals surface area contributed by atoms with E-state index < -0.39 is 10.0 Å². The SMILES string of the molecule is Cc1nc(Nc2ccn[nH]2)sc1-c1ccc(Cl)c(S(=O)(=O)NCCO)c1. The highest BCUT2D eigenvalue weighted by molar-refractivity contribution is 7.89. The third-order valence-corrected chi connectivity index (χ3v) is 6.49. The fourth-order valence-corrected chi connectivity index (χ4v) is 4.79. The molecular formula is C15H16ClN5O3S2. The van der Waals surface area contributed by atoms with E-state index in [4.69, 9.17) is 16.7 Å². The number of thiazole rings is 1. The number of hydrogen-bond acceptors (Lipinski definition) is 7. The smallest absolute Gasteiger partial charge is 0.242 e. The van der Waals surface area contributed by atoms with Crippen LogP contribution in [-0.4, -0.2) is 41.9 Å². The highest BCUT2D eigenvalue weighted by Crippen LogP contribution is 2.36. The van der Waals surface area contributed by atoms with Crippen LogP contribution in [0.4, 0.5) is 10.9 Å². The van der Waals surface area contributed by atoms with E-state index in [2.05, 4.69) is 25.2 Å². The maximum Gasteiger partial charge on any atom is 0.242 e. The molecule has 0 unspecified atom stereocenters. The van der Waals surface area contributed by atoms with Crippen molar-refractivity contribution < 1.29 is 13.5 Å². The first kappa shape index (κ1) is 18.8. The highest BCUT2D eigenvalue weighted by Gasteiger charge is 2.20. The summed E-state index contributed by atoms with van der Waals surface area (Å²) < 4.78 is 27.0. The number of aromatic amines is 1. The lowest BCUT2D eigenvalue weighted by Crippen LogP contribution is -2.26. The molecule has 0 fully saturated rings. The Labute approximate surface area is 159 Å². The van der Waals surface area contributed by atoms with E-state index in [9.17, 15) is 8.42 Å². The molecule has 138 valence electrons. The van der Waals surface area contributed by atoms with Gasteiger partial charge in [-0.2, -0.15) is 5.10 Å². The number of rotatable bonds is 7. The number of nitrogens with zero attached hydrogens (tertiary/aromatic N) is 2. The predicted octanol–water partition coefficient (Wildman–Crippen LogP) is 2.51. The molecule has 0 spiro atoms. The van der Waals surface area contributed by atoms with Gasteiger partial charge in [0.25, 0.3) is 0 Å². The molecule has 3 rings (SSSR count). The first-order valence-electron chi connectivity index (χ1n) is 7.55. The number of aromatic nitrogens is 3. The molecule has 0 saturated heterocycles. The average molecular weight is 414 g/mol. The lowest BCUT2D eigenvalue weighted by atomic mass is 10.2. The van der Waals surface area contributed by atoms with Crippen LogP contribution in [0, 0.1) is 6.92 Å². The molecule has 11 heteroatoms. The maximum absolute atomic E-state index is 12.4. The summed E-state index contributed by atoms with van der Waals surface area (Å²) in [5, 5.41) is 19.4. The summed E-state index contributed by atoms with van der Waals surface area (Å²) >= 11 is 7.46. The van der Waals surface area contributed by atoms with Crippen molar-refractivity contribution in [1.82, 2.24) is 19.9 Å². The molecular weight excluding hydrogens is 398 g/mol. The Morgan fingerprint density at radius 1 is 1.35 bits per heavy atom. The van der Waals surface area contributed by atoms with E-state index >= 15 is 0 Å². The van der Waals surface area contributed by atoms with Crippen LogP contribution in [0.3, 0.4) is 0 Å². The van der Waals surface area contributed by atoms with Crippen molar-refractivity contribution in [3.8, 4) is 10.4 Å². The third kappa shape index (κ3) is 4.05. The van der Waals surface area contributed by atoms with Gasteiger partial charge in [0.15, 0.2) is 5.13 Å². The number of aliphatic hydroxyl groups is 1. The maximum atomic E-state index is 12.4. The van der Waals surface area contributed by atoms with Gasteiger partial charge in [0, 0.05) is 12.6 Å². The molecule has 0 aliphatic heterocycles. The second-order valence-electron chi connectivity index (χ2n) is 5.30. The minimum atomic E-state index is -3.82. The van der Waals surface area contributed by atoms with Gasteiger partial charge in [-0.15, -0.1) is 0 Å². The number of benzene rings is 1. The normalized spacial score (nSPS) is 11.7. The fourth-order valence-electron chi connectivity index (χ4n) is 2.27. The summed E-state index contributed by atoms with van der Waals surface area (Å²) in [5.74, 6) is 0.706. The quantitative estimate of drug-likeness (QED) is 0.472. The Balaban J connectivity index is 1.95.